The molecule has 180 valence electrons. The van der Waals surface area contributed by atoms with Crippen molar-refractivity contribution in [2.24, 2.45) is 5.92 Å². The van der Waals surface area contributed by atoms with Gasteiger partial charge in [-0.1, -0.05) is 48.6 Å². The first-order valence-electron chi connectivity index (χ1n) is 11.7. The largest absolute Gasteiger partial charge is 0.390 e. The molecule has 1 aromatic rings. The molecular weight excluding hydrogens is 412 g/mol. The monoisotopic (exact) mass is 452 g/mol. The molecule has 2 rings (SSSR count). The predicted octanol–water partition coefficient (Wildman–Crippen LogP) is 4.87. The number of nitrogens with one attached hydrogen (secondary N) is 2. The zero-order valence-corrected chi connectivity index (χ0v) is 21.2. The highest BCUT2D eigenvalue weighted by molar-refractivity contribution is 5.96. The molecule has 0 aliphatic heterocycles. The highest BCUT2D eigenvalue weighted by Crippen LogP contribution is 2.28. The fourth-order valence-electron chi connectivity index (χ4n) is 3.83. The van der Waals surface area contributed by atoms with E-state index in [1.807, 2.05) is 90.1 Å². The van der Waals surface area contributed by atoms with Crippen molar-refractivity contribution in [2.45, 2.75) is 84.4 Å². The molecule has 2 unspecified atom stereocenters. The highest BCUT2D eigenvalue weighted by atomic mass is 16.3. The van der Waals surface area contributed by atoms with Crippen LogP contribution in [-0.2, 0) is 11.2 Å². The Kier molecular flexibility index (Phi) is 8.47. The van der Waals surface area contributed by atoms with Crippen molar-refractivity contribution in [3.63, 3.8) is 0 Å². The van der Waals surface area contributed by atoms with E-state index in [1.165, 1.54) is 0 Å². The standard InChI is InChI=1S/C28H40N2O3/c1-26(2,3)29-24(31)22-15-10-8-9-13-20(22)17-18-28(7,33)19-21-14-11-12-16-23(21)25(32)30-27(4,5)6/h8-16,20,33H,17-19H2,1-7H3,(H,29,31)(H,30,32). The summed E-state index contributed by atoms with van der Waals surface area (Å²) < 4.78 is 0. The van der Waals surface area contributed by atoms with Crippen LogP contribution in [0.3, 0.4) is 0 Å². The molecule has 2 atom stereocenters. The van der Waals surface area contributed by atoms with Crippen LogP contribution >= 0.6 is 0 Å². The van der Waals surface area contributed by atoms with Gasteiger partial charge in [0.25, 0.3) is 5.91 Å². The lowest BCUT2D eigenvalue weighted by atomic mass is 9.84. The van der Waals surface area contributed by atoms with Crippen LogP contribution in [0.25, 0.3) is 0 Å². The number of carbonyl (C=O) groups excluding carboxylic acids is 2. The average molecular weight is 453 g/mol. The highest BCUT2D eigenvalue weighted by Gasteiger charge is 2.28. The van der Waals surface area contributed by atoms with Crippen LogP contribution < -0.4 is 10.6 Å². The van der Waals surface area contributed by atoms with E-state index < -0.39 is 5.60 Å². The molecule has 0 radical (unpaired) electrons. The molecule has 0 bridgehead atoms. The summed E-state index contributed by atoms with van der Waals surface area (Å²) in [6.45, 7) is 13.5. The summed E-state index contributed by atoms with van der Waals surface area (Å²) in [7, 11) is 0. The van der Waals surface area contributed by atoms with Gasteiger partial charge in [-0.25, -0.2) is 0 Å². The summed E-state index contributed by atoms with van der Waals surface area (Å²) >= 11 is 0. The number of amides is 2. The lowest BCUT2D eigenvalue weighted by Gasteiger charge is -2.28. The quantitative estimate of drug-likeness (QED) is 0.552. The first-order chi connectivity index (χ1) is 15.2. The number of benzene rings is 1. The van der Waals surface area contributed by atoms with Crippen molar-refractivity contribution in [3.8, 4) is 0 Å². The third kappa shape index (κ3) is 9.01. The van der Waals surface area contributed by atoms with Crippen molar-refractivity contribution in [3.05, 3.63) is 71.3 Å². The molecule has 5 heteroatoms. The fourth-order valence-corrected chi connectivity index (χ4v) is 3.83. The van der Waals surface area contributed by atoms with Crippen LogP contribution in [-0.4, -0.2) is 33.6 Å². The topological polar surface area (TPSA) is 78.4 Å². The molecule has 0 spiro atoms. The zero-order valence-electron chi connectivity index (χ0n) is 21.2. The predicted molar refractivity (Wildman–Crippen MR) is 135 cm³/mol. The summed E-state index contributed by atoms with van der Waals surface area (Å²) in [5, 5.41) is 17.3. The Morgan fingerprint density at radius 3 is 2.12 bits per heavy atom. The van der Waals surface area contributed by atoms with Gasteiger partial charge in [-0.15, -0.1) is 0 Å². The normalized spacial score (nSPS) is 18.2. The van der Waals surface area contributed by atoms with Crippen molar-refractivity contribution < 1.29 is 14.7 Å². The van der Waals surface area contributed by atoms with E-state index in [2.05, 4.69) is 10.6 Å². The second-order valence-electron chi connectivity index (χ2n) is 11.3. The molecular formula is C28H40N2O3. The van der Waals surface area contributed by atoms with E-state index in [9.17, 15) is 14.7 Å². The Morgan fingerprint density at radius 2 is 1.48 bits per heavy atom. The van der Waals surface area contributed by atoms with E-state index in [0.29, 0.717) is 30.4 Å². The minimum absolute atomic E-state index is 0.0902. The maximum Gasteiger partial charge on any atom is 0.251 e. The lowest BCUT2D eigenvalue weighted by molar-refractivity contribution is -0.119. The summed E-state index contributed by atoms with van der Waals surface area (Å²) in [5.74, 6) is -0.337. The minimum Gasteiger partial charge on any atom is -0.390 e. The van der Waals surface area contributed by atoms with Crippen molar-refractivity contribution in [1.82, 2.24) is 10.6 Å². The summed E-state index contributed by atoms with van der Waals surface area (Å²) in [5.41, 5.74) is 0.376. The van der Waals surface area contributed by atoms with E-state index in [4.69, 9.17) is 0 Å². The molecule has 1 aromatic carbocycles. The Labute approximate surface area is 199 Å². The van der Waals surface area contributed by atoms with Crippen LogP contribution in [0.1, 0.15) is 77.2 Å². The van der Waals surface area contributed by atoms with E-state index in [-0.39, 0.29) is 28.8 Å². The van der Waals surface area contributed by atoms with Crippen LogP contribution in [0.4, 0.5) is 0 Å². The fraction of sp³-hybridized carbons (Fsp3) is 0.500. The number of hydrogen-bond donors (Lipinski definition) is 3. The smallest absolute Gasteiger partial charge is 0.251 e. The SMILES string of the molecule is CC(O)(CCC1C=CC=CC=C1C(=O)NC(C)(C)C)Cc1ccccc1C(=O)NC(C)(C)C. The van der Waals surface area contributed by atoms with Gasteiger partial charge < -0.3 is 15.7 Å². The average Bonchev–Trinajstić information content (AvgIpc) is 2.89. The van der Waals surface area contributed by atoms with Crippen molar-refractivity contribution in [1.29, 1.82) is 0 Å². The second-order valence-corrected chi connectivity index (χ2v) is 11.3. The van der Waals surface area contributed by atoms with E-state index in [1.54, 1.807) is 13.0 Å². The number of aliphatic hydroxyl groups is 1. The van der Waals surface area contributed by atoms with Gasteiger partial charge in [0.05, 0.1) is 5.60 Å². The molecule has 3 N–H and O–H groups in total. The molecule has 5 nitrogen and oxygen atoms in total. The first-order valence-corrected chi connectivity index (χ1v) is 11.7. The Hall–Kier alpha value is -2.66. The molecule has 1 aliphatic carbocycles. The van der Waals surface area contributed by atoms with Crippen LogP contribution in [0, 0.1) is 5.92 Å². The first kappa shape index (κ1) is 26.6. The van der Waals surface area contributed by atoms with Gasteiger partial charge in [-0.05, 0) is 72.9 Å². The third-order valence-electron chi connectivity index (χ3n) is 5.31. The van der Waals surface area contributed by atoms with Crippen LogP contribution in [0.15, 0.2) is 60.2 Å². The van der Waals surface area contributed by atoms with Gasteiger partial charge >= 0.3 is 0 Å². The molecule has 2 amide bonds. The Bertz CT molecular complexity index is 941. The van der Waals surface area contributed by atoms with Gasteiger partial charge in [0, 0.05) is 34.6 Å². The van der Waals surface area contributed by atoms with Crippen molar-refractivity contribution >= 4 is 11.8 Å². The molecule has 33 heavy (non-hydrogen) atoms. The molecule has 0 saturated heterocycles. The lowest BCUT2D eigenvalue weighted by Crippen LogP contribution is -2.42. The molecule has 0 fully saturated rings. The van der Waals surface area contributed by atoms with Gasteiger partial charge in [-0.3, -0.25) is 9.59 Å². The van der Waals surface area contributed by atoms with Crippen LogP contribution in [0.2, 0.25) is 0 Å². The molecule has 0 heterocycles. The van der Waals surface area contributed by atoms with Gasteiger partial charge in [-0.2, -0.15) is 0 Å². The Balaban J connectivity index is 2.13. The third-order valence-corrected chi connectivity index (χ3v) is 5.31. The molecule has 0 saturated carbocycles. The van der Waals surface area contributed by atoms with E-state index in [0.717, 1.165) is 5.56 Å². The minimum atomic E-state index is -1.03. The number of hydrogen-bond acceptors (Lipinski definition) is 3. The number of carbonyl (C=O) groups is 2. The van der Waals surface area contributed by atoms with Gasteiger partial charge in [0.1, 0.15) is 0 Å². The number of allylic oxidation sites excluding steroid dienone is 5. The van der Waals surface area contributed by atoms with Crippen molar-refractivity contribution in [2.75, 3.05) is 0 Å². The van der Waals surface area contributed by atoms with Gasteiger partial charge in [0.2, 0.25) is 5.91 Å². The van der Waals surface area contributed by atoms with Crippen LogP contribution in [0.5, 0.6) is 0 Å². The number of rotatable bonds is 7. The van der Waals surface area contributed by atoms with E-state index >= 15 is 0 Å². The molecule has 1 aliphatic rings. The zero-order chi connectivity index (χ0) is 24.9. The molecule has 0 aromatic heterocycles. The summed E-state index contributed by atoms with van der Waals surface area (Å²) in [4.78, 5) is 25.7. The maximum absolute atomic E-state index is 12.9. The summed E-state index contributed by atoms with van der Waals surface area (Å²) in [6.07, 6.45) is 11.0. The Morgan fingerprint density at radius 1 is 0.879 bits per heavy atom. The maximum atomic E-state index is 12.9. The summed E-state index contributed by atoms with van der Waals surface area (Å²) in [6, 6.07) is 7.41. The van der Waals surface area contributed by atoms with Gasteiger partial charge in [0.15, 0.2) is 0 Å². The second kappa shape index (κ2) is 10.5.